The van der Waals surface area contributed by atoms with Gasteiger partial charge in [-0.15, -0.1) is 11.3 Å². The summed E-state index contributed by atoms with van der Waals surface area (Å²) in [5, 5.41) is 7.36. The van der Waals surface area contributed by atoms with Crippen LogP contribution in [-0.4, -0.2) is 37.6 Å². The van der Waals surface area contributed by atoms with Gasteiger partial charge in [0.15, 0.2) is 11.5 Å². The van der Waals surface area contributed by atoms with Crippen LogP contribution in [0.25, 0.3) is 0 Å². The van der Waals surface area contributed by atoms with Crippen LogP contribution >= 0.6 is 11.3 Å². The third-order valence-electron chi connectivity index (χ3n) is 3.48. The summed E-state index contributed by atoms with van der Waals surface area (Å²) < 4.78 is 11.4. The van der Waals surface area contributed by atoms with Crippen LogP contribution in [0.4, 0.5) is 0 Å². The summed E-state index contributed by atoms with van der Waals surface area (Å²) >= 11 is 1.37. The van der Waals surface area contributed by atoms with Gasteiger partial charge in [-0.05, 0) is 23.6 Å². The molecule has 2 aromatic rings. The molecule has 1 atom stereocenters. The number of benzene rings is 1. The molecule has 1 aliphatic rings. The zero-order valence-corrected chi connectivity index (χ0v) is 13.8. The van der Waals surface area contributed by atoms with Gasteiger partial charge >= 0.3 is 0 Å². The lowest BCUT2D eigenvalue weighted by Gasteiger charge is -2.26. The molecule has 0 saturated carbocycles. The smallest absolute Gasteiger partial charge is 0.261 e. The second-order valence-electron chi connectivity index (χ2n) is 5.28. The number of ether oxygens (including phenoxy) is 2. The monoisotopic (exact) mass is 346 g/mol. The molecule has 0 radical (unpaired) electrons. The van der Waals surface area contributed by atoms with Crippen molar-refractivity contribution in [3.8, 4) is 11.5 Å². The Bertz CT molecular complexity index is 702. The summed E-state index contributed by atoms with van der Waals surface area (Å²) in [5.41, 5.74) is 0. The third kappa shape index (κ3) is 4.26. The van der Waals surface area contributed by atoms with E-state index in [2.05, 4.69) is 10.6 Å². The minimum atomic E-state index is -0.218. The molecule has 2 N–H and O–H groups in total. The Labute approximate surface area is 143 Å². The Hall–Kier alpha value is -2.54. The maximum absolute atomic E-state index is 11.8. The van der Waals surface area contributed by atoms with Crippen molar-refractivity contribution in [3.63, 3.8) is 0 Å². The zero-order valence-electron chi connectivity index (χ0n) is 13.0. The Balaban J connectivity index is 1.35. The molecule has 126 valence electrons. The molecule has 0 saturated heterocycles. The first-order valence-corrected chi connectivity index (χ1v) is 8.57. The first-order valence-electron chi connectivity index (χ1n) is 7.69. The van der Waals surface area contributed by atoms with Gasteiger partial charge in [0.1, 0.15) is 12.7 Å². The topological polar surface area (TPSA) is 76.7 Å². The van der Waals surface area contributed by atoms with E-state index < -0.39 is 0 Å². The van der Waals surface area contributed by atoms with E-state index in [1.54, 1.807) is 6.07 Å². The fraction of sp³-hybridized carbons (Fsp3) is 0.294. The average molecular weight is 346 g/mol. The van der Waals surface area contributed by atoms with Gasteiger partial charge in [0.05, 0.1) is 11.4 Å². The predicted octanol–water partition coefficient (Wildman–Crippen LogP) is 1.82. The van der Waals surface area contributed by atoms with E-state index in [1.807, 2.05) is 35.7 Å². The SMILES string of the molecule is O=C(CCNC(=O)c1cccs1)NCC1COc2ccccc2O1. The molecule has 1 unspecified atom stereocenters. The molecule has 7 heteroatoms. The van der Waals surface area contributed by atoms with E-state index in [9.17, 15) is 9.59 Å². The highest BCUT2D eigenvalue weighted by Gasteiger charge is 2.20. The molecule has 1 aromatic carbocycles. The molecular formula is C17H18N2O4S. The molecule has 1 aliphatic heterocycles. The van der Waals surface area contributed by atoms with Crippen molar-refractivity contribution >= 4 is 23.2 Å². The Kier molecular flexibility index (Phi) is 5.32. The molecule has 2 amide bonds. The van der Waals surface area contributed by atoms with Gasteiger partial charge in [0.25, 0.3) is 5.91 Å². The van der Waals surface area contributed by atoms with E-state index in [1.165, 1.54) is 11.3 Å². The van der Waals surface area contributed by atoms with Crippen molar-refractivity contribution < 1.29 is 19.1 Å². The Morgan fingerprint density at radius 1 is 1.12 bits per heavy atom. The van der Waals surface area contributed by atoms with Crippen LogP contribution in [0.3, 0.4) is 0 Å². The van der Waals surface area contributed by atoms with Crippen LogP contribution in [-0.2, 0) is 4.79 Å². The summed E-state index contributed by atoms with van der Waals surface area (Å²) in [4.78, 5) is 24.2. The lowest BCUT2D eigenvalue weighted by Crippen LogP contribution is -2.41. The second kappa shape index (κ2) is 7.83. The number of fused-ring (bicyclic) bond motifs is 1. The molecule has 0 aliphatic carbocycles. The standard InChI is InChI=1S/C17H18N2O4S/c20-16(7-8-18-17(21)15-6-3-9-24-15)19-10-12-11-22-13-4-1-2-5-14(13)23-12/h1-6,9,12H,7-8,10-11H2,(H,18,21)(H,19,20). The van der Waals surface area contributed by atoms with Gasteiger partial charge in [-0.2, -0.15) is 0 Å². The van der Waals surface area contributed by atoms with Gasteiger partial charge in [-0.25, -0.2) is 0 Å². The van der Waals surface area contributed by atoms with E-state index in [4.69, 9.17) is 9.47 Å². The summed E-state index contributed by atoms with van der Waals surface area (Å²) in [7, 11) is 0. The van der Waals surface area contributed by atoms with Crippen LogP contribution < -0.4 is 20.1 Å². The summed E-state index contributed by atoms with van der Waals surface area (Å²) in [6.07, 6.45) is 0.00549. The summed E-state index contributed by atoms with van der Waals surface area (Å²) in [6, 6.07) is 11.0. The molecule has 24 heavy (non-hydrogen) atoms. The number of para-hydroxylation sites is 2. The number of rotatable bonds is 6. The maximum Gasteiger partial charge on any atom is 0.261 e. The highest BCUT2D eigenvalue weighted by Crippen LogP contribution is 2.30. The largest absolute Gasteiger partial charge is 0.486 e. The second-order valence-corrected chi connectivity index (χ2v) is 6.23. The van der Waals surface area contributed by atoms with Gasteiger partial charge in [0.2, 0.25) is 5.91 Å². The highest BCUT2D eigenvalue weighted by atomic mass is 32.1. The van der Waals surface area contributed by atoms with Crippen LogP contribution in [0.1, 0.15) is 16.1 Å². The number of thiophene rings is 1. The molecular weight excluding hydrogens is 328 g/mol. The van der Waals surface area contributed by atoms with Crippen LogP contribution in [0.15, 0.2) is 41.8 Å². The lowest BCUT2D eigenvalue weighted by molar-refractivity contribution is -0.121. The number of amides is 2. The van der Waals surface area contributed by atoms with E-state index >= 15 is 0 Å². The fourth-order valence-corrected chi connectivity index (χ4v) is 2.90. The molecule has 0 bridgehead atoms. The number of nitrogens with one attached hydrogen (secondary N) is 2. The lowest BCUT2D eigenvalue weighted by atomic mass is 10.2. The van der Waals surface area contributed by atoms with Crippen molar-refractivity contribution in [1.82, 2.24) is 10.6 Å². The molecule has 6 nitrogen and oxygen atoms in total. The Morgan fingerprint density at radius 3 is 2.75 bits per heavy atom. The van der Waals surface area contributed by atoms with Crippen LogP contribution in [0, 0.1) is 0 Å². The third-order valence-corrected chi connectivity index (χ3v) is 4.35. The highest BCUT2D eigenvalue weighted by molar-refractivity contribution is 7.12. The molecule has 0 fully saturated rings. The van der Waals surface area contributed by atoms with E-state index in [0.29, 0.717) is 30.3 Å². The number of hydrogen-bond acceptors (Lipinski definition) is 5. The van der Waals surface area contributed by atoms with Crippen molar-refractivity contribution in [2.75, 3.05) is 19.7 Å². The average Bonchev–Trinajstić information content (AvgIpc) is 3.14. The van der Waals surface area contributed by atoms with Gasteiger partial charge in [-0.3, -0.25) is 9.59 Å². The molecule has 2 heterocycles. The quantitative estimate of drug-likeness (QED) is 0.837. The minimum absolute atomic E-state index is 0.135. The summed E-state index contributed by atoms with van der Waals surface area (Å²) in [6.45, 7) is 1.06. The van der Waals surface area contributed by atoms with E-state index in [-0.39, 0.29) is 24.3 Å². The number of hydrogen-bond donors (Lipinski definition) is 2. The normalized spacial score (nSPS) is 15.6. The van der Waals surface area contributed by atoms with Crippen LogP contribution in [0.2, 0.25) is 0 Å². The predicted molar refractivity (Wildman–Crippen MR) is 90.6 cm³/mol. The number of carbonyl (C=O) groups excluding carboxylic acids is 2. The van der Waals surface area contributed by atoms with Crippen molar-refractivity contribution in [1.29, 1.82) is 0 Å². The Morgan fingerprint density at radius 2 is 1.96 bits per heavy atom. The summed E-state index contributed by atoms with van der Waals surface area (Å²) in [5.74, 6) is 1.12. The molecule has 0 spiro atoms. The number of carbonyl (C=O) groups is 2. The fourth-order valence-electron chi connectivity index (χ4n) is 2.26. The maximum atomic E-state index is 11.8. The minimum Gasteiger partial charge on any atom is -0.486 e. The van der Waals surface area contributed by atoms with Crippen molar-refractivity contribution in [3.05, 3.63) is 46.7 Å². The zero-order chi connectivity index (χ0) is 16.8. The van der Waals surface area contributed by atoms with Gasteiger partial charge in [-0.1, -0.05) is 18.2 Å². The first-order chi connectivity index (χ1) is 11.7. The van der Waals surface area contributed by atoms with E-state index in [0.717, 1.165) is 5.75 Å². The van der Waals surface area contributed by atoms with Gasteiger partial charge in [0, 0.05) is 13.0 Å². The molecule has 1 aromatic heterocycles. The van der Waals surface area contributed by atoms with Gasteiger partial charge < -0.3 is 20.1 Å². The van der Waals surface area contributed by atoms with Crippen molar-refractivity contribution in [2.45, 2.75) is 12.5 Å². The van der Waals surface area contributed by atoms with Crippen molar-refractivity contribution in [2.24, 2.45) is 0 Å². The van der Waals surface area contributed by atoms with Crippen LogP contribution in [0.5, 0.6) is 11.5 Å². The molecule has 3 rings (SSSR count). The first kappa shape index (κ1) is 16.3.